The Balaban J connectivity index is 1.69. The molecule has 1 aliphatic rings. The summed E-state index contributed by atoms with van der Waals surface area (Å²) in [5, 5.41) is 14.7. The van der Waals surface area contributed by atoms with Crippen LogP contribution < -0.4 is 14.8 Å². The zero-order valence-electron chi connectivity index (χ0n) is 17.1. The van der Waals surface area contributed by atoms with Crippen LogP contribution in [0.1, 0.15) is 24.1 Å². The van der Waals surface area contributed by atoms with Gasteiger partial charge in [-0.25, -0.2) is 9.18 Å². The lowest BCUT2D eigenvalue weighted by molar-refractivity contribution is -0.136. The molecule has 1 unspecified atom stereocenters. The third-order valence-electron chi connectivity index (χ3n) is 4.96. The fraction of sp³-hybridized carbons (Fsp3) is 0.238. The van der Waals surface area contributed by atoms with E-state index in [0.717, 1.165) is 0 Å². The molecule has 0 amide bonds. The number of fused-ring (bicyclic) bond motifs is 1. The summed E-state index contributed by atoms with van der Waals surface area (Å²) < 4.78 is 31.6. The molecule has 0 saturated carbocycles. The first-order chi connectivity index (χ1) is 15.0. The first-order valence-corrected chi connectivity index (χ1v) is 9.41. The fourth-order valence-electron chi connectivity index (χ4n) is 3.44. The van der Waals surface area contributed by atoms with Crippen LogP contribution in [-0.4, -0.2) is 40.4 Å². The Morgan fingerprint density at radius 1 is 1.19 bits per heavy atom. The maximum absolute atomic E-state index is 13.9. The van der Waals surface area contributed by atoms with Crippen molar-refractivity contribution in [3.63, 3.8) is 0 Å². The van der Waals surface area contributed by atoms with Gasteiger partial charge >= 0.3 is 5.97 Å². The monoisotopic (exact) mass is 425 g/mol. The molecular formula is C21H20FN5O4. The first-order valence-electron chi connectivity index (χ1n) is 9.41. The average molecular weight is 425 g/mol. The molecule has 1 aromatic heterocycles. The molecule has 2 aromatic carbocycles. The van der Waals surface area contributed by atoms with Gasteiger partial charge in [-0.2, -0.15) is 4.68 Å². The Labute approximate surface area is 177 Å². The van der Waals surface area contributed by atoms with E-state index in [9.17, 15) is 9.18 Å². The summed E-state index contributed by atoms with van der Waals surface area (Å²) in [6.07, 6.45) is 0. The van der Waals surface area contributed by atoms with Crippen molar-refractivity contribution in [1.29, 1.82) is 0 Å². The van der Waals surface area contributed by atoms with Gasteiger partial charge in [0.05, 0.1) is 19.8 Å². The number of methoxy groups -OCH3 is 2. The highest BCUT2D eigenvalue weighted by Crippen LogP contribution is 2.38. The minimum Gasteiger partial charge on any atom is -0.493 e. The van der Waals surface area contributed by atoms with Crippen LogP contribution in [0.15, 0.2) is 53.7 Å². The molecular weight excluding hydrogens is 405 g/mol. The molecule has 31 heavy (non-hydrogen) atoms. The summed E-state index contributed by atoms with van der Waals surface area (Å²) >= 11 is 0. The minimum atomic E-state index is -0.631. The van der Waals surface area contributed by atoms with Crippen LogP contribution in [0.25, 0.3) is 0 Å². The summed E-state index contributed by atoms with van der Waals surface area (Å²) in [5.74, 6) is 0.399. The molecule has 0 saturated heterocycles. The maximum Gasteiger partial charge on any atom is 0.338 e. The molecule has 2 heterocycles. The quantitative estimate of drug-likeness (QED) is 0.602. The van der Waals surface area contributed by atoms with Crippen molar-refractivity contribution in [2.75, 3.05) is 19.5 Å². The third-order valence-corrected chi connectivity index (χ3v) is 4.96. The number of benzene rings is 2. The van der Waals surface area contributed by atoms with Gasteiger partial charge in [0.15, 0.2) is 11.5 Å². The number of aromatic nitrogens is 4. The molecule has 10 heteroatoms. The van der Waals surface area contributed by atoms with Gasteiger partial charge in [0.25, 0.3) is 0 Å². The van der Waals surface area contributed by atoms with Gasteiger partial charge in [-0.15, -0.1) is 0 Å². The van der Waals surface area contributed by atoms with Gasteiger partial charge in [0.1, 0.15) is 18.5 Å². The standard InChI is InChI=1S/C21H20FN5O4/c1-12-18(20(28)30-3)19(27-21(23-12)24-25-26-27)13-8-9-16(17(10-13)29-2)31-11-14-6-4-5-7-15(14)22/h4-10,19H,11H2,1-3H3,(H,23,24,26). The molecule has 0 fully saturated rings. The SMILES string of the molecule is COC(=O)C1=C(C)Nc2nnnn2C1c1ccc(OCc2ccccc2F)c(OC)c1. The molecule has 0 bridgehead atoms. The molecule has 4 rings (SSSR count). The van der Waals surface area contributed by atoms with Gasteiger partial charge in [0, 0.05) is 11.3 Å². The van der Waals surface area contributed by atoms with E-state index in [1.165, 1.54) is 25.0 Å². The number of tetrazole rings is 1. The van der Waals surface area contributed by atoms with E-state index in [-0.39, 0.29) is 12.4 Å². The highest BCUT2D eigenvalue weighted by molar-refractivity contribution is 5.92. The number of carbonyl (C=O) groups excluding carboxylic acids is 1. The number of rotatable bonds is 6. The van der Waals surface area contributed by atoms with E-state index in [1.54, 1.807) is 43.3 Å². The topological polar surface area (TPSA) is 100 Å². The van der Waals surface area contributed by atoms with Gasteiger partial charge in [-0.3, -0.25) is 0 Å². The number of ether oxygens (including phenoxy) is 3. The second-order valence-electron chi connectivity index (χ2n) is 6.80. The van der Waals surface area contributed by atoms with Crippen LogP contribution in [0.5, 0.6) is 11.5 Å². The summed E-state index contributed by atoms with van der Waals surface area (Å²) in [6, 6.07) is 11.0. The second kappa shape index (κ2) is 8.42. The van der Waals surface area contributed by atoms with Crippen molar-refractivity contribution < 1.29 is 23.4 Å². The predicted octanol–water partition coefficient (Wildman–Crippen LogP) is 2.86. The van der Waals surface area contributed by atoms with Gasteiger partial charge in [0.2, 0.25) is 5.95 Å². The van der Waals surface area contributed by atoms with E-state index < -0.39 is 12.0 Å². The highest BCUT2D eigenvalue weighted by atomic mass is 19.1. The van der Waals surface area contributed by atoms with Crippen LogP contribution in [0.4, 0.5) is 10.3 Å². The summed E-state index contributed by atoms with van der Waals surface area (Å²) in [4.78, 5) is 12.5. The van der Waals surface area contributed by atoms with Gasteiger partial charge in [-0.1, -0.05) is 29.4 Å². The number of nitrogens with zero attached hydrogens (tertiary/aromatic N) is 4. The van der Waals surface area contributed by atoms with Gasteiger partial charge in [-0.05, 0) is 41.1 Å². The van der Waals surface area contributed by atoms with Crippen LogP contribution in [0.3, 0.4) is 0 Å². The number of nitrogens with one attached hydrogen (secondary N) is 1. The lowest BCUT2D eigenvalue weighted by Crippen LogP contribution is -2.29. The van der Waals surface area contributed by atoms with E-state index >= 15 is 0 Å². The molecule has 1 aliphatic heterocycles. The molecule has 0 radical (unpaired) electrons. The molecule has 160 valence electrons. The zero-order chi connectivity index (χ0) is 22.0. The van der Waals surface area contributed by atoms with Crippen LogP contribution >= 0.6 is 0 Å². The Kier molecular flexibility index (Phi) is 5.52. The average Bonchev–Trinajstić information content (AvgIpc) is 3.25. The van der Waals surface area contributed by atoms with Crippen molar-refractivity contribution >= 4 is 11.9 Å². The lowest BCUT2D eigenvalue weighted by atomic mass is 9.95. The van der Waals surface area contributed by atoms with Crippen molar-refractivity contribution in [3.05, 3.63) is 70.7 Å². The minimum absolute atomic E-state index is 0.0410. The smallest absolute Gasteiger partial charge is 0.338 e. The third kappa shape index (κ3) is 3.79. The Morgan fingerprint density at radius 2 is 2.00 bits per heavy atom. The van der Waals surface area contributed by atoms with Crippen LogP contribution in [-0.2, 0) is 16.1 Å². The largest absolute Gasteiger partial charge is 0.493 e. The van der Waals surface area contributed by atoms with E-state index in [4.69, 9.17) is 14.2 Å². The number of allylic oxidation sites excluding steroid dienone is 1. The van der Waals surface area contributed by atoms with Crippen LogP contribution in [0, 0.1) is 5.82 Å². The summed E-state index contributed by atoms with van der Waals surface area (Å²) in [7, 11) is 2.82. The molecule has 9 nitrogen and oxygen atoms in total. The van der Waals surface area contributed by atoms with Crippen molar-refractivity contribution in [1.82, 2.24) is 20.2 Å². The molecule has 1 atom stereocenters. The lowest BCUT2D eigenvalue weighted by Gasteiger charge is -2.27. The maximum atomic E-state index is 13.9. The molecule has 0 aliphatic carbocycles. The van der Waals surface area contributed by atoms with Crippen molar-refractivity contribution in [2.45, 2.75) is 19.6 Å². The first kappa shape index (κ1) is 20.3. The second-order valence-corrected chi connectivity index (χ2v) is 6.80. The van der Waals surface area contributed by atoms with E-state index in [0.29, 0.717) is 39.8 Å². The van der Waals surface area contributed by atoms with Crippen LogP contribution in [0.2, 0.25) is 0 Å². The Hall–Kier alpha value is -3.95. The number of anilines is 1. The highest BCUT2D eigenvalue weighted by Gasteiger charge is 2.35. The number of halogens is 1. The van der Waals surface area contributed by atoms with Crippen molar-refractivity contribution in [2.24, 2.45) is 0 Å². The van der Waals surface area contributed by atoms with E-state index in [2.05, 4.69) is 20.8 Å². The number of esters is 1. The van der Waals surface area contributed by atoms with E-state index in [1.807, 2.05) is 0 Å². The molecule has 1 N–H and O–H groups in total. The molecule has 3 aromatic rings. The number of hydrogen-bond donors (Lipinski definition) is 1. The summed E-state index contributed by atoms with van der Waals surface area (Å²) in [5.41, 5.74) is 2.06. The van der Waals surface area contributed by atoms with Crippen molar-refractivity contribution in [3.8, 4) is 11.5 Å². The Bertz CT molecular complexity index is 1160. The van der Waals surface area contributed by atoms with Gasteiger partial charge < -0.3 is 19.5 Å². The Morgan fingerprint density at radius 3 is 2.74 bits per heavy atom. The predicted molar refractivity (Wildman–Crippen MR) is 108 cm³/mol. The molecule has 0 spiro atoms. The summed E-state index contributed by atoms with van der Waals surface area (Å²) in [6.45, 7) is 1.79. The normalized spacial score (nSPS) is 15.2. The number of carbonyl (C=O) groups is 1. The number of hydrogen-bond acceptors (Lipinski definition) is 8. The fourth-order valence-corrected chi connectivity index (χ4v) is 3.44. The zero-order valence-corrected chi connectivity index (χ0v) is 17.1.